The van der Waals surface area contributed by atoms with Gasteiger partial charge in [-0.25, -0.2) is 0 Å². The summed E-state index contributed by atoms with van der Waals surface area (Å²) >= 11 is 0. The molecule has 0 bridgehead atoms. The second-order valence-corrected chi connectivity index (χ2v) is 9.05. The molecular formula is C33H35NO3. The third kappa shape index (κ3) is 8.84. The van der Waals surface area contributed by atoms with Crippen LogP contribution in [-0.4, -0.2) is 19.0 Å². The van der Waals surface area contributed by atoms with E-state index in [1.807, 2.05) is 109 Å². The number of para-hydroxylation sites is 1. The second-order valence-electron chi connectivity index (χ2n) is 9.05. The van der Waals surface area contributed by atoms with E-state index in [0.29, 0.717) is 17.7 Å². The van der Waals surface area contributed by atoms with Gasteiger partial charge in [-0.3, -0.25) is 4.79 Å². The van der Waals surface area contributed by atoms with Crippen molar-refractivity contribution < 1.29 is 14.3 Å². The van der Waals surface area contributed by atoms with E-state index < -0.39 is 0 Å². The van der Waals surface area contributed by atoms with Crippen LogP contribution in [0.2, 0.25) is 0 Å². The zero-order valence-corrected chi connectivity index (χ0v) is 21.3. The topological polar surface area (TPSA) is 47.6 Å². The van der Waals surface area contributed by atoms with Gasteiger partial charge in [0.05, 0.1) is 13.2 Å². The molecule has 0 atom stereocenters. The van der Waals surface area contributed by atoms with Crippen LogP contribution in [0.15, 0.2) is 109 Å². The molecule has 190 valence electrons. The molecule has 0 saturated carbocycles. The molecule has 0 aliphatic heterocycles. The predicted molar refractivity (Wildman–Crippen MR) is 151 cm³/mol. The van der Waals surface area contributed by atoms with Crippen LogP contribution < -0.4 is 14.8 Å². The van der Waals surface area contributed by atoms with Crippen molar-refractivity contribution in [2.75, 3.05) is 18.5 Å². The number of anilines is 2. The van der Waals surface area contributed by atoms with Gasteiger partial charge in [0.1, 0.15) is 11.5 Å². The van der Waals surface area contributed by atoms with Gasteiger partial charge in [-0.1, -0.05) is 74.2 Å². The molecule has 4 rings (SSSR count). The Bertz CT molecular complexity index is 1190. The average Bonchev–Trinajstić information content (AvgIpc) is 2.96. The van der Waals surface area contributed by atoms with Crippen molar-refractivity contribution in [3.63, 3.8) is 0 Å². The number of hydrogen-bond donors (Lipinski definition) is 1. The van der Waals surface area contributed by atoms with Crippen molar-refractivity contribution in [2.24, 2.45) is 0 Å². The maximum Gasteiger partial charge on any atom is 0.193 e. The van der Waals surface area contributed by atoms with Gasteiger partial charge in [0, 0.05) is 22.5 Å². The van der Waals surface area contributed by atoms with Crippen molar-refractivity contribution in [1.29, 1.82) is 0 Å². The molecule has 0 aliphatic rings. The van der Waals surface area contributed by atoms with Crippen LogP contribution in [0, 0.1) is 0 Å². The Morgan fingerprint density at radius 2 is 0.919 bits per heavy atom. The van der Waals surface area contributed by atoms with Crippen molar-refractivity contribution in [3.8, 4) is 11.5 Å². The van der Waals surface area contributed by atoms with Crippen LogP contribution in [0.4, 0.5) is 11.4 Å². The molecule has 0 heterocycles. The number of nitrogens with one attached hydrogen (secondary N) is 1. The minimum atomic E-state index is 0.0339. The summed E-state index contributed by atoms with van der Waals surface area (Å²) in [5.74, 6) is 1.76. The molecule has 1 N–H and O–H groups in total. The Morgan fingerprint density at radius 1 is 0.486 bits per heavy atom. The standard InChI is InChI=1S/C33H35NO3/c35-33(27-13-7-5-8-14-27)28-17-21-31(22-18-28)36-25-11-3-1-2-4-12-26-37-32-23-19-30(20-24-32)34-29-15-9-6-10-16-29/h5-10,13-24,34H,1-4,11-12,25-26H2. The molecule has 4 nitrogen and oxygen atoms in total. The van der Waals surface area contributed by atoms with Crippen LogP contribution in [0.5, 0.6) is 11.5 Å². The molecule has 0 saturated heterocycles. The van der Waals surface area contributed by atoms with Crippen LogP contribution in [0.3, 0.4) is 0 Å². The van der Waals surface area contributed by atoms with Crippen molar-refractivity contribution >= 4 is 17.2 Å². The number of carbonyl (C=O) groups excluding carboxylic acids is 1. The average molecular weight is 494 g/mol. The normalized spacial score (nSPS) is 10.6. The van der Waals surface area contributed by atoms with Gasteiger partial charge >= 0.3 is 0 Å². The number of ether oxygens (including phenoxy) is 2. The van der Waals surface area contributed by atoms with Crippen molar-refractivity contribution in [1.82, 2.24) is 0 Å². The summed E-state index contributed by atoms with van der Waals surface area (Å²) in [6.45, 7) is 1.45. The highest BCUT2D eigenvalue weighted by atomic mass is 16.5. The first-order chi connectivity index (χ1) is 18.3. The summed E-state index contributed by atoms with van der Waals surface area (Å²) in [4.78, 5) is 12.5. The summed E-state index contributed by atoms with van der Waals surface area (Å²) < 4.78 is 11.7. The summed E-state index contributed by atoms with van der Waals surface area (Å²) in [6, 6.07) is 35.0. The molecule has 0 radical (unpaired) electrons. The number of rotatable bonds is 15. The SMILES string of the molecule is O=C(c1ccccc1)c1ccc(OCCCCCCCCOc2ccc(Nc3ccccc3)cc2)cc1. The van der Waals surface area contributed by atoms with E-state index >= 15 is 0 Å². The molecule has 4 aromatic rings. The smallest absolute Gasteiger partial charge is 0.193 e. The maximum absolute atomic E-state index is 12.5. The Labute approximate surface area is 220 Å². The lowest BCUT2D eigenvalue weighted by Gasteiger charge is -2.09. The molecule has 0 aromatic heterocycles. The number of hydrogen-bond acceptors (Lipinski definition) is 4. The number of unbranched alkanes of at least 4 members (excludes halogenated alkanes) is 5. The fraction of sp³-hybridized carbons (Fsp3) is 0.242. The maximum atomic E-state index is 12.5. The highest BCUT2D eigenvalue weighted by Crippen LogP contribution is 2.20. The molecule has 0 spiro atoms. The molecule has 37 heavy (non-hydrogen) atoms. The van der Waals surface area contributed by atoms with E-state index in [0.717, 1.165) is 48.7 Å². The Kier molecular flexibility index (Phi) is 10.2. The van der Waals surface area contributed by atoms with Crippen LogP contribution >= 0.6 is 0 Å². The molecule has 0 amide bonds. The summed E-state index contributed by atoms with van der Waals surface area (Å²) in [5.41, 5.74) is 3.51. The highest BCUT2D eigenvalue weighted by molar-refractivity contribution is 6.08. The molecule has 4 heteroatoms. The highest BCUT2D eigenvalue weighted by Gasteiger charge is 2.08. The van der Waals surface area contributed by atoms with E-state index in [2.05, 4.69) is 5.32 Å². The lowest BCUT2D eigenvalue weighted by Crippen LogP contribution is -2.02. The Balaban J connectivity index is 1.01. The monoisotopic (exact) mass is 493 g/mol. The summed E-state index contributed by atoms with van der Waals surface area (Å²) in [7, 11) is 0. The van der Waals surface area contributed by atoms with Gasteiger partial charge in [-0.15, -0.1) is 0 Å². The first-order valence-electron chi connectivity index (χ1n) is 13.2. The number of carbonyl (C=O) groups is 1. The predicted octanol–water partition coefficient (Wildman–Crippen LogP) is 8.46. The summed E-state index contributed by atoms with van der Waals surface area (Å²) in [6.07, 6.45) is 6.83. The van der Waals surface area contributed by atoms with Crippen LogP contribution in [0.25, 0.3) is 0 Å². The van der Waals surface area contributed by atoms with Crippen LogP contribution in [0.1, 0.15) is 54.4 Å². The van der Waals surface area contributed by atoms with Crippen LogP contribution in [-0.2, 0) is 0 Å². The summed E-state index contributed by atoms with van der Waals surface area (Å²) in [5, 5.41) is 3.38. The van der Waals surface area contributed by atoms with Gasteiger partial charge in [0.15, 0.2) is 5.78 Å². The fourth-order valence-corrected chi connectivity index (χ4v) is 4.07. The lowest BCUT2D eigenvalue weighted by atomic mass is 10.0. The molecule has 4 aromatic carbocycles. The molecule has 0 unspecified atom stereocenters. The third-order valence-corrected chi connectivity index (χ3v) is 6.15. The third-order valence-electron chi connectivity index (χ3n) is 6.15. The van der Waals surface area contributed by atoms with E-state index in [1.54, 1.807) is 0 Å². The molecule has 0 fully saturated rings. The number of ketones is 1. The van der Waals surface area contributed by atoms with Gasteiger partial charge in [-0.2, -0.15) is 0 Å². The minimum absolute atomic E-state index is 0.0339. The van der Waals surface area contributed by atoms with E-state index in [1.165, 1.54) is 19.3 Å². The first kappa shape index (κ1) is 26.0. The van der Waals surface area contributed by atoms with E-state index in [-0.39, 0.29) is 5.78 Å². The second kappa shape index (κ2) is 14.5. The molecule has 0 aliphatic carbocycles. The minimum Gasteiger partial charge on any atom is -0.494 e. The zero-order valence-electron chi connectivity index (χ0n) is 21.3. The van der Waals surface area contributed by atoms with Gasteiger partial charge < -0.3 is 14.8 Å². The largest absolute Gasteiger partial charge is 0.494 e. The van der Waals surface area contributed by atoms with Crippen molar-refractivity contribution in [2.45, 2.75) is 38.5 Å². The van der Waals surface area contributed by atoms with E-state index in [4.69, 9.17) is 9.47 Å². The zero-order chi connectivity index (χ0) is 25.5. The number of benzene rings is 4. The first-order valence-corrected chi connectivity index (χ1v) is 13.2. The van der Waals surface area contributed by atoms with E-state index in [9.17, 15) is 4.79 Å². The van der Waals surface area contributed by atoms with Gasteiger partial charge in [-0.05, 0) is 73.5 Å². The Hall–Kier alpha value is -4.05. The van der Waals surface area contributed by atoms with Gasteiger partial charge in [0.25, 0.3) is 0 Å². The molecular weight excluding hydrogens is 458 g/mol. The lowest BCUT2D eigenvalue weighted by molar-refractivity contribution is 0.103. The Morgan fingerprint density at radius 3 is 1.49 bits per heavy atom. The fourth-order valence-electron chi connectivity index (χ4n) is 4.07. The van der Waals surface area contributed by atoms with Crippen molar-refractivity contribution in [3.05, 3.63) is 120 Å². The van der Waals surface area contributed by atoms with Gasteiger partial charge in [0.2, 0.25) is 0 Å². The quantitative estimate of drug-likeness (QED) is 0.133.